The SMILES string of the molecule is C1=NCCc2c1ccn2C1CCC2CC21. The quantitative estimate of drug-likeness (QED) is 0.662. The fourth-order valence-corrected chi connectivity index (χ4v) is 3.55. The zero-order valence-corrected chi connectivity index (χ0v) is 8.89. The van der Waals surface area contributed by atoms with E-state index >= 15 is 0 Å². The Morgan fingerprint density at radius 1 is 1.33 bits per heavy atom. The first-order chi connectivity index (χ1) is 7.43. The average Bonchev–Trinajstić information content (AvgIpc) is 2.74. The van der Waals surface area contributed by atoms with Gasteiger partial charge in [0.1, 0.15) is 0 Å². The summed E-state index contributed by atoms with van der Waals surface area (Å²) < 4.78 is 2.57. The van der Waals surface area contributed by atoms with Gasteiger partial charge in [-0.2, -0.15) is 0 Å². The Hall–Kier alpha value is -1.05. The third kappa shape index (κ3) is 1.08. The molecule has 1 aromatic heterocycles. The highest BCUT2D eigenvalue weighted by Crippen LogP contribution is 2.57. The van der Waals surface area contributed by atoms with Crippen LogP contribution in [0.2, 0.25) is 0 Å². The van der Waals surface area contributed by atoms with Gasteiger partial charge in [0.25, 0.3) is 0 Å². The zero-order valence-electron chi connectivity index (χ0n) is 8.89. The van der Waals surface area contributed by atoms with E-state index in [2.05, 4.69) is 28.0 Å². The Labute approximate surface area is 90.0 Å². The van der Waals surface area contributed by atoms with Gasteiger partial charge in [0, 0.05) is 42.7 Å². The molecule has 1 aliphatic heterocycles. The topological polar surface area (TPSA) is 17.3 Å². The van der Waals surface area contributed by atoms with Crippen molar-refractivity contribution >= 4 is 6.21 Å². The fraction of sp³-hybridized carbons (Fsp3) is 0.615. The Morgan fingerprint density at radius 3 is 3.13 bits per heavy atom. The molecule has 2 saturated carbocycles. The van der Waals surface area contributed by atoms with E-state index < -0.39 is 0 Å². The van der Waals surface area contributed by atoms with Crippen LogP contribution in [-0.4, -0.2) is 17.3 Å². The molecule has 0 saturated heterocycles. The fourth-order valence-electron chi connectivity index (χ4n) is 3.55. The standard InChI is InChI=1S/C13H16N2/c1-2-13(11-7-9(1)11)15-6-4-10-8-14-5-3-12(10)15/h4,6,8-9,11,13H,1-3,5,7H2. The van der Waals surface area contributed by atoms with Gasteiger partial charge >= 0.3 is 0 Å². The molecule has 0 radical (unpaired) electrons. The highest BCUT2D eigenvalue weighted by Gasteiger charge is 2.49. The van der Waals surface area contributed by atoms with Crippen molar-refractivity contribution in [3.05, 3.63) is 23.5 Å². The van der Waals surface area contributed by atoms with Gasteiger partial charge < -0.3 is 4.57 Å². The first-order valence-corrected chi connectivity index (χ1v) is 6.13. The lowest BCUT2D eigenvalue weighted by Crippen LogP contribution is -2.14. The van der Waals surface area contributed by atoms with Crippen LogP contribution in [0.3, 0.4) is 0 Å². The van der Waals surface area contributed by atoms with Gasteiger partial charge in [-0.15, -0.1) is 0 Å². The molecule has 0 N–H and O–H groups in total. The van der Waals surface area contributed by atoms with Crippen LogP contribution in [0.1, 0.15) is 36.6 Å². The molecule has 2 heterocycles. The van der Waals surface area contributed by atoms with E-state index in [4.69, 9.17) is 0 Å². The molecule has 3 atom stereocenters. The molecule has 2 fully saturated rings. The number of fused-ring (bicyclic) bond motifs is 2. The summed E-state index contributed by atoms with van der Waals surface area (Å²) in [5.74, 6) is 2.09. The molecule has 2 nitrogen and oxygen atoms in total. The minimum absolute atomic E-state index is 0.824. The molecule has 3 aliphatic rings. The minimum Gasteiger partial charge on any atom is -0.347 e. The van der Waals surface area contributed by atoms with E-state index in [0.29, 0.717) is 0 Å². The van der Waals surface area contributed by atoms with E-state index in [1.807, 2.05) is 0 Å². The smallest absolute Gasteiger partial charge is 0.0444 e. The molecular weight excluding hydrogens is 184 g/mol. The molecule has 0 bridgehead atoms. The summed E-state index contributed by atoms with van der Waals surface area (Å²) in [5, 5.41) is 0. The highest BCUT2D eigenvalue weighted by molar-refractivity contribution is 5.82. The Balaban J connectivity index is 1.76. The summed E-state index contributed by atoms with van der Waals surface area (Å²) in [4.78, 5) is 4.35. The summed E-state index contributed by atoms with van der Waals surface area (Å²) in [6, 6.07) is 3.07. The number of rotatable bonds is 1. The Kier molecular flexibility index (Phi) is 1.49. The summed E-state index contributed by atoms with van der Waals surface area (Å²) in [5.41, 5.74) is 2.91. The molecule has 2 aliphatic carbocycles. The molecule has 4 rings (SSSR count). The van der Waals surface area contributed by atoms with Gasteiger partial charge in [0.15, 0.2) is 0 Å². The first-order valence-electron chi connectivity index (χ1n) is 6.13. The van der Waals surface area contributed by atoms with E-state index in [9.17, 15) is 0 Å². The molecule has 0 amide bonds. The lowest BCUT2D eigenvalue weighted by molar-refractivity contribution is 0.448. The van der Waals surface area contributed by atoms with E-state index in [1.54, 1.807) is 5.69 Å². The Morgan fingerprint density at radius 2 is 2.33 bits per heavy atom. The maximum Gasteiger partial charge on any atom is 0.0444 e. The second-order valence-electron chi connectivity index (χ2n) is 5.21. The lowest BCUT2D eigenvalue weighted by Gasteiger charge is -2.19. The minimum atomic E-state index is 0.824. The average molecular weight is 200 g/mol. The normalized spacial score (nSPS) is 36.4. The number of hydrogen-bond acceptors (Lipinski definition) is 1. The van der Waals surface area contributed by atoms with Gasteiger partial charge in [-0.25, -0.2) is 0 Å². The molecule has 78 valence electrons. The molecule has 0 spiro atoms. The van der Waals surface area contributed by atoms with Crippen LogP contribution in [0, 0.1) is 11.8 Å². The summed E-state index contributed by atoms with van der Waals surface area (Å²) in [7, 11) is 0. The van der Waals surface area contributed by atoms with Crippen LogP contribution in [0.25, 0.3) is 0 Å². The van der Waals surface area contributed by atoms with Crippen LogP contribution in [-0.2, 0) is 6.42 Å². The summed E-state index contributed by atoms with van der Waals surface area (Å²) >= 11 is 0. The summed E-state index contributed by atoms with van der Waals surface area (Å²) in [6.07, 6.45) is 9.87. The van der Waals surface area contributed by atoms with Crippen molar-refractivity contribution in [2.24, 2.45) is 16.8 Å². The Bertz CT molecular complexity index is 430. The van der Waals surface area contributed by atoms with Gasteiger partial charge in [-0.1, -0.05) is 0 Å². The molecular formula is C13H16N2. The second-order valence-corrected chi connectivity index (χ2v) is 5.21. The van der Waals surface area contributed by atoms with Gasteiger partial charge in [-0.05, 0) is 37.2 Å². The third-order valence-corrected chi connectivity index (χ3v) is 4.43. The van der Waals surface area contributed by atoms with Crippen molar-refractivity contribution in [1.29, 1.82) is 0 Å². The molecule has 3 unspecified atom stereocenters. The van der Waals surface area contributed by atoms with Gasteiger partial charge in [0.05, 0.1) is 0 Å². The van der Waals surface area contributed by atoms with Crippen molar-refractivity contribution in [2.45, 2.75) is 31.7 Å². The van der Waals surface area contributed by atoms with E-state index in [0.717, 1.165) is 30.8 Å². The monoisotopic (exact) mass is 200 g/mol. The molecule has 2 heteroatoms. The number of hydrogen-bond donors (Lipinski definition) is 0. The van der Waals surface area contributed by atoms with Crippen LogP contribution in [0.15, 0.2) is 17.3 Å². The van der Waals surface area contributed by atoms with Crippen LogP contribution in [0.5, 0.6) is 0 Å². The lowest BCUT2D eigenvalue weighted by atomic mass is 10.1. The van der Waals surface area contributed by atoms with Gasteiger partial charge in [-0.3, -0.25) is 4.99 Å². The van der Waals surface area contributed by atoms with Crippen molar-refractivity contribution in [1.82, 2.24) is 4.57 Å². The first kappa shape index (κ1) is 8.14. The number of aromatic nitrogens is 1. The zero-order chi connectivity index (χ0) is 9.83. The summed E-state index contributed by atoms with van der Waals surface area (Å²) in [6.45, 7) is 0.984. The van der Waals surface area contributed by atoms with E-state index in [1.165, 1.54) is 24.8 Å². The van der Waals surface area contributed by atoms with Crippen molar-refractivity contribution in [3.8, 4) is 0 Å². The third-order valence-electron chi connectivity index (χ3n) is 4.43. The predicted octanol–water partition coefficient (Wildman–Crippen LogP) is 2.43. The largest absolute Gasteiger partial charge is 0.347 e. The van der Waals surface area contributed by atoms with E-state index in [-0.39, 0.29) is 0 Å². The number of nitrogens with zero attached hydrogens (tertiary/aromatic N) is 2. The van der Waals surface area contributed by atoms with Crippen LogP contribution < -0.4 is 0 Å². The number of aliphatic imine (C=N–C) groups is 1. The molecule has 1 aromatic rings. The van der Waals surface area contributed by atoms with Crippen LogP contribution in [0.4, 0.5) is 0 Å². The molecule has 15 heavy (non-hydrogen) atoms. The molecule has 0 aromatic carbocycles. The highest BCUT2D eigenvalue weighted by atomic mass is 15.0. The second kappa shape index (κ2) is 2.75. The predicted molar refractivity (Wildman–Crippen MR) is 60.5 cm³/mol. The van der Waals surface area contributed by atoms with Crippen molar-refractivity contribution < 1.29 is 0 Å². The maximum absolute atomic E-state index is 4.35. The van der Waals surface area contributed by atoms with Crippen LogP contribution >= 0.6 is 0 Å². The van der Waals surface area contributed by atoms with Gasteiger partial charge in [0.2, 0.25) is 0 Å². The van der Waals surface area contributed by atoms with Crippen molar-refractivity contribution in [2.75, 3.05) is 6.54 Å². The maximum atomic E-state index is 4.35. The van der Waals surface area contributed by atoms with Crippen molar-refractivity contribution in [3.63, 3.8) is 0 Å².